The summed E-state index contributed by atoms with van der Waals surface area (Å²) < 4.78 is 6.59. The Morgan fingerprint density at radius 3 is 3.14 bits per heavy atom. The Balaban J connectivity index is 1.84. The van der Waals surface area contributed by atoms with Crippen molar-refractivity contribution in [1.82, 2.24) is 14.7 Å². The van der Waals surface area contributed by atoms with Crippen LogP contribution in [0.15, 0.2) is 21.9 Å². The zero-order valence-corrected chi connectivity index (χ0v) is 13.4. The van der Waals surface area contributed by atoms with Gasteiger partial charge >= 0.3 is 0 Å². The lowest BCUT2D eigenvalue weighted by molar-refractivity contribution is 0.409. The normalized spacial score (nSPS) is 17.8. The third kappa shape index (κ3) is 2.09. The Morgan fingerprint density at radius 2 is 2.36 bits per heavy atom. The lowest BCUT2D eigenvalue weighted by Gasteiger charge is -2.17. The molecule has 0 saturated heterocycles. The van der Waals surface area contributed by atoms with Gasteiger partial charge in [-0.3, -0.25) is 9.36 Å². The molecule has 1 atom stereocenters. The van der Waals surface area contributed by atoms with Crippen molar-refractivity contribution < 1.29 is 4.52 Å². The predicted octanol–water partition coefficient (Wildman–Crippen LogP) is 2.93. The SMILES string of the molecule is Cc1conc1Cn1cnc2sc3c(c2c1=O)CCC(C)C3. The second-order valence-electron chi connectivity index (χ2n) is 6.15. The van der Waals surface area contributed by atoms with E-state index in [-0.39, 0.29) is 5.56 Å². The molecular weight excluding hydrogens is 298 g/mol. The van der Waals surface area contributed by atoms with E-state index in [1.54, 1.807) is 28.5 Å². The third-order valence-corrected chi connectivity index (χ3v) is 5.61. The minimum absolute atomic E-state index is 0.0412. The fourth-order valence-corrected chi connectivity index (χ4v) is 4.44. The third-order valence-electron chi connectivity index (χ3n) is 4.45. The molecule has 0 radical (unpaired) electrons. The first-order chi connectivity index (χ1) is 10.6. The number of aryl methyl sites for hydroxylation is 2. The van der Waals surface area contributed by atoms with Crippen LogP contribution in [0.3, 0.4) is 0 Å². The van der Waals surface area contributed by atoms with Gasteiger partial charge in [-0.1, -0.05) is 12.1 Å². The molecule has 0 saturated carbocycles. The van der Waals surface area contributed by atoms with Gasteiger partial charge in [0.25, 0.3) is 5.56 Å². The molecule has 4 rings (SSSR count). The number of nitrogens with zero attached hydrogens (tertiary/aromatic N) is 3. The molecule has 0 aromatic carbocycles. The van der Waals surface area contributed by atoms with Crippen molar-refractivity contribution in [1.29, 1.82) is 0 Å². The molecule has 3 heterocycles. The molecule has 1 aliphatic carbocycles. The smallest absolute Gasteiger partial charge is 0.262 e. The largest absolute Gasteiger partial charge is 0.364 e. The molecule has 0 spiro atoms. The van der Waals surface area contributed by atoms with E-state index >= 15 is 0 Å². The number of aromatic nitrogens is 3. The maximum Gasteiger partial charge on any atom is 0.262 e. The minimum atomic E-state index is 0.0412. The van der Waals surface area contributed by atoms with E-state index in [2.05, 4.69) is 17.1 Å². The van der Waals surface area contributed by atoms with Gasteiger partial charge < -0.3 is 4.52 Å². The number of thiophene rings is 1. The minimum Gasteiger partial charge on any atom is -0.364 e. The monoisotopic (exact) mass is 315 g/mol. The van der Waals surface area contributed by atoms with Crippen LogP contribution in [0.1, 0.15) is 35.0 Å². The average Bonchev–Trinajstić information content (AvgIpc) is 3.05. The molecule has 5 nitrogen and oxygen atoms in total. The van der Waals surface area contributed by atoms with E-state index in [0.29, 0.717) is 12.5 Å². The standard InChI is InChI=1S/C16H17N3O2S/c1-9-3-4-11-13(5-9)22-15-14(11)16(20)19(8-17-15)6-12-10(2)7-21-18-12/h7-9H,3-6H2,1-2H3. The van der Waals surface area contributed by atoms with Crippen LogP contribution in [0.2, 0.25) is 0 Å². The van der Waals surface area contributed by atoms with Crippen molar-refractivity contribution in [2.45, 2.75) is 39.7 Å². The van der Waals surface area contributed by atoms with E-state index in [1.165, 1.54) is 10.4 Å². The first kappa shape index (κ1) is 13.7. The maximum absolute atomic E-state index is 12.9. The summed E-state index contributed by atoms with van der Waals surface area (Å²) in [6, 6.07) is 0. The summed E-state index contributed by atoms with van der Waals surface area (Å²) in [6.07, 6.45) is 6.43. The number of fused-ring (bicyclic) bond motifs is 3. The summed E-state index contributed by atoms with van der Waals surface area (Å²) in [4.78, 5) is 19.6. The van der Waals surface area contributed by atoms with Crippen molar-refractivity contribution in [3.63, 3.8) is 0 Å². The molecule has 6 heteroatoms. The van der Waals surface area contributed by atoms with Crippen LogP contribution in [0.25, 0.3) is 10.2 Å². The van der Waals surface area contributed by atoms with Gasteiger partial charge in [0.2, 0.25) is 0 Å². The van der Waals surface area contributed by atoms with E-state index < -0.39 is 0 Å². The van der Waals surface area contributed by atoms with Crippen LogP contribution in [0.5, 0.6) is 0 Å². The fourth-order valence-electron chi connectivity index (χ4n) is 3.10. The Labute approximate surface area is 131 Å². The van der Waals surface area contributed by atoms with E-state index in [9.17, 15) is 4.79 Å². The molecule has 114 valence electrons. The van der Waals surface area contributed by atoms with Crippen LogP contribution in [-0.4, -0.2) is 14.7 Å². The van der Waals surface area contributed by atoms with Crippen LogP contribution in [0, 0.1) is 12.8 Å². The van der Waals surface area contributed by atoms with Crippen LogP contribution < -0.4 is 5.56 Å². The second kappa shape index (κ2) is 5.05. The van der Waals surface area contributed by atoms with Crippen molar-refractivity contribution in [3.05, 3.63) is 44.6 Å². The predicted molar refractivity (Wildman–Crippen MR) is 85.4 cm³/mol. The van der Waals surface area contributed by atoms with E-state index in [0.717, 1.165) is 40.7 Å². The fraction of sp³-hybridized carbons (Fsp3) is 0.438. The average molecular weight is 315 g/mol. The van der Waals surface area contributed by atoms with Gasteiger partial charge in [0, 0.05) is 10.4 Å². The first-order valence-corrected chi connectivity index (χ1v) is 8.34. The van der Waals surface area contributed by atoms with Gasteiger partial charge in [-0.25, -0.2) is 4.98 Å². The Morgan fingerprint density at radius 1 is 1.50 bits per heavy atom. The zero-order chi connectivity index (χ0) is 15.3. The maximum atomic E-state index is 12.9. The summed E-state index contributed by atoms with van der Waals surface area (Å²) >= 11 is 1.68. The molecule has 1 aliphatic rings. The molecule has 3 aromatic rings. The Bertz CT molecular complexity index is 906. The first-order valence-electron chi connectivity index (χ1n) is 7.53. The van der Waals surface area contributed by atoms with Crippen LogP contribution in [-0.2, 0) is 19.4 Å². The lowest BCUT2D eigenvalue weighted by Crippen LogP contribution is -2.22. The van der Waals surface area contributed by atoms with Gasteiger partial charge in [0.15, 0.2) is 0 Å². The van der Waals surface area contributed by atoms with Crippen molar-refractivity contribution in [2.24, 2.45) is 5.92 Å². The topological polar surface area (TPSA) is 60.9 Å². The molecule has 0 amide bonds. The summed E-state index contributed by atoms with van der Waals surface area (Å²) in [5, 5.41) is 4.77. The highest BCUT2D eigenvalue weighted by Crippen LogP contribution is 2.35. The van der Waals surface area contributed by atoms with E-state index in [4.69, 9.17) is 4.52 Å². The van der Waals surface area contributed by atoms with Crippen LogP contribution in [0.4, 0.5) is 0 Å². The van der Waals surface area contributed by atoms with Crippen molar-refractivity contribution in [2.75, 3.05) is 0 Å². The van der Waals surface area contributed by atoms with Crippen molar-refractivity contribution in [3.8, 4) is 0 Å². The molecule has 1 unspecified atom stereocenters. The van der Waals surface area contributed by atoms with Gasteiger partial charge in [-0.15, -0.1) is 11.3 Å². The summed E-state index contributed by atoms with van der Waals surface area (Å²) in [5.74, 6) is 0.695. The van der Waals surface area contributed by atoms with Gasteiger partial charge in [0.1, 0.15) is 16.8 Å². The highest BCUT2D eigenvalue weighted by molar-refractivity contribution is 7.18. The molecule has 0 bridgehead atoms. The Kier molecular flexibility index (Phi) is 3.14. The molecule has 0 aliphatic heterocycles. The molecule has 3 aromatic heterocycles. The number of hydrogen-bond acceptors (Lipinski definition) is 5. The Hall–Kier alpha value is -1.95. The van der Waals surface area contributed by atoms with Gasteiger partial charge in [-0.05, 0) is 37.7 Å². The second-order valence-corrected chi connectivity index (χ2v) is 7.24. The highest BCUT2D eigenvalue weighted by atomic mass is 32.1. The molecule has 22 heavy (non-hydrogen) atoms. The zero-order valence-electron chi connectivity index (χ0n) is 12.6. The summed E-state index contributed by atoms with van der Waals surface area (Å²) in [6.45, 7) is 4.61. The van der Waals surface area contributed by atoms with E-state index in [1.807, 2.05) is 6.92 Å². The van der Waals surface area contributed by atoms with Crippen molar-refractivity contribution >= 4 is 21.6 Å². The van der Waals surface area contributed by atoms with Crippen LogP contribution >= 0.6 is 11.3 Å². The molecule has 0 fully saturated rings. The van der Waals surface area contributed by atoms with Gasteiger partial charge in [0.05, 0.1) is 18.3 Å². The number of hydrogen-bond donors (Lipinski definition) is 0. The molecular formula is C16H17N3O2S. The lowest BCUT2D eigenvalue weighted by atomic mass is 9.89. The highest BCUT2D eigenvalue weighted by Gasteiger charge is 2.23. The van der Waals surface area contributed by atoms with Gasteiger partial charge in [-0.2, -0.15) is 0 Å². The molecule has 0 N–H and O–H groups in total. The number of rotatable bonds is 2. The summed E-state index contributed by atoms with van der Waals surface area (Å²) in [5.41, 5.74) is 3.00. The summed E-state index contributed by atoms with van der Waals surface area (Å²) in [7, 11) is 0. The quantitative estimate of drug-likeness (QED) is 0.729.